The van der Waals surface area contributed by atoms with Gasteiger partial charge in [0.05, 0.1) is 10.5 Å². The molecular formula is C24H24N4O5. The smallest absolute Gasteiger partial charge is 0.282 e. The van der Waals surface area contributed by atoms with Crippen LogP contribution in [0.5, 0.6) is 0 Å². The second-order valence-corrected chi connectivity index (χ2v) is 7.95. The molecule has 3 amide bonds. The number of hydrogen-bond donors (Lipinski definition) is 1. The van der Waals surface area contributed by atoms with Crippen molar-refractivity contribution in [3.05, 3.63) is 76.0 Å². The van der Waals surface area contributed by atoms with Crippen LogP contribution in [0.1, 0.15) is 46.4 Å². The SMILES string of the molecule is O=C(CCCCCN1C(=O)c2cccc([N+](=O)[O-])c2C1=O)NCCn1ccc2ccccc21. The number of carbonyl (C=O) groups excluding carboxylic acids is 3. The van der Waals surface area contributed by atoms with Gasteiger partial charge in [0.1, 0.15) is 5.56 Å². The normalized spacial score (nSPS) is 12.9. The van der Waals surface area contributed by atoms with Crippen molar-refractivity contribution in [1.82, 2.24) is 14.8 Å². The van der Waals surface area contributed by atoms with Crippen LogP contribution in [0.15, 0.2) is 54.7 Å². The highest BCUT2D eigenvalue weighted by Crippen LogP contribution is 2.30. The van der Waals surface area contributed by atoms with Gasteiger partial charge < -0.3 is 9.88 Å². The molecule has 1 aromatic heterocycles. The molecule has 0 aliphatic carbocycles. The van der Waals surface area contributed by atoms with E-state index in [-0.39, 0.29) is 29.3 Å². The second-order valence-electron chi connectivity index (χ2n) is 7.95. The fraction of sp³-hybridized carbons (Fsp3) is 0.292. The Kier molecular flexibility index (Phi) is 6.48. The van der Waals surface area contributed by atoms with Crippen molar-refractivity contribution in [2.24, 2.45) is 0 Å². The molecule has 3 aromatic rings. The van der Waals surface area contributed by atoms with Crippen LogP contribution in [-0.4, -0.2) is 45.2 Å². The summed E-state index contributed by atoms with van der Waals surface area (Å²) < 4.78 is 2.10. The number of nitro benzene ring substituents is 1. The summed E-state index contributed by atoms with van der Waals surface area (Å²) in [6, 6.07) is 14.2. The van der Waals surface area contributed by atoms with Crippen LogP contribution in [0, 0.1) is 10.1 Å². The number of hydrogen-bond acceptors (Lipinski definition) is 5. The van der Waals surface area contributed by atoms with Crippen molar-refractivity contribution < 1.29 is 19.3 Å². The number of carbonyl (C=O) groups is 3. The summed E-state index contributed by atoms with van der Waals surface area (Å²) in [6.07, 6.45) is 4.18. The Morgan fingerprint density at radius 3 is 2.58 bits per heavy atom. The van der Waals surface area contributed by atoms with Gasteiger partial charge >= 0.3 is 0 Å². The molecule has 1 aliphatic heterocycles. The van der Waals surface area contributed by atoms with Gasteiger partial charge in [0, 0.05) is 43.8 Å². The molecule has 2 aromatic carbocycles. The van der Waals surface area contributed by atoms with E-state index in [2.05, 4.69) is 9.88 Å². The van der Waals surface area contributed by atoms with Crippen LogP contribution in [0.25, 0.3) is 10.9 Å². The molecule has 0 saturated carbocycles. The first kappa shape index (κ1) is 22.2. The summed E-state index contributed by atoms with van der Waals surface area (Å²) in [7, 11) is 0. The van der Waals surface area contributed by atoms with E-state index in [1.807, 2.05) is 36.5 Å². The predicted molar refractivity (Wildman–Crippen MR) is 122 cm³/mol. The van der Waals surface area contributed by atoms with Gasteiger partial charge in [-0.05, 0) is 36.4 Å². The summed E-state index contributed by atoms with van der Waals surface area (Å²) in [4.78, 5) is 48.7. The summed E-state index contributed by atoms with van der Waals surface area (Å²) in [5.41, 5.74) is 0.717. The number of para-hydroxylation sites is 1. The van der Waals surface area contributed by atoms with Crippen molar-refractivity contribution >= 4 is 34.3 Å². The number of nitrogens with one attached hydrogen (secondary N) is 1. The summed E-state index contributed by atoms with van der Waals surface area (Å²) in [6.45, 7) is 1.39. The van der Waals surface area contributed by atoms with Gasteiger partial charge in [-0.15, -0.1) is 0 Å². The quantitative estimate of drug-likeness (QED) is 0.221. The van der Waals surface area contributed by atoms with Gasteiger partial charge in [0.25, 0.3) is 17.5 Å². The largest absolute Gasteiger partial charge is 0.354 e. The third-order valence-corrected chi connectivity index (χ3v) is 5.81. The average molecular weight is 448 g/mol. The minimum Gasteiger partial charge on any atom is -0.354 e. The second kappa shape index (κ2) is 9.64. The number of unbranched alkanes of at least 4 members (excludes halogenated alkanes) is 2. The minimum absolute atomic E-state index is 0.0391. The molecule has 0 fully saturated rings. The third kappa shape index (κ3) is 4.62. The fourth-order valence-electron chi connectivity index (χ4n) is 4.14. The van der Waals surface area contributed by atoms with Gasteiger partial charge in [-0.1, -0.05) is 30.7 Å². The molecule has 4 rings (SSSR count). The van der Waals surface area contributed by atoms with Crippen LogP contribution in [-0.2, 0) is 11.3 Å². The Balaban J connectivity index is 1.17. The summed E-state index contributed by atoms with van der Waals surface area (Å²) in [5, 5.41) is 15.2. The number of benzene rings is 2. The number of imide groups is 1. The first-order chi connectivity index (χ1) is 16.0. The highest BCUT2D eigenvalue weighted by Gasteiger charge is 2.40. The van der Waals surface area contributed by atoms with E-state index in [0.717, 1.165) is 15.8 Å². The first-order valence-corrected chi connectivity index (χ1v) is 10.9. The van der Waals surface area contributed by atoms with Gasteiger partial charge in [-0.2, -0.15) is 0 Å². The zero-order chi connectivity index (χ0) is 23.4. The van der Waals surface area contributed by atoms with Crippen LogP contribution in [0.4, 0.5) is 5.69 Å². The minimum atomic E-state index is -0.648. The molecule has 1 N–H and O–H groups in total. The lowest BCUT2D eigenvalue weighted by molar-refractivity contribution is -0.385. The topological polar surface area (TPSA) is 115 Å². The maximum Gasteiger partial charge on any atom is 0.282 e. The lowest BCUT2D eigenvalue weighted by Gasteiger charge is -2.13. The number of amides is 3. The molecule has 1 aliphatic rings. The Labute approximate surface area is 190 Å². The molecule has 0 saturated heterocycles. The Bertz CT molecular complexity index is 1230. The number of rotatable bonds is 10. The summed E-state index contributed by atoms with van der Waals surface area (Å²) in [5.74, 6) is -1.17. The third-order valence-electron chi connectivity index (χ3n) is 5.81. The zero-order valence-electron chi connectivity index (χ0n) is 18.0. The molecule has 0 radical (unpaired) electrons. The fourth-order valence-corrected chi connectivity index (χ4v) is 4.14. The molecule has 0 atom stereocenters. The maximum atomic E-state index is 12.5. The first-order valence-electron chi connectivity index (χ1n) is 10.9. The number of nitrogens with zero attached hydrogens (tertiary/aromatic N) is 3. The number of nitro groups is 1. The molecule has 0 bridgehead atoms. The molecule has 0 unspecified atom stereocenters. The van der Waals surface area contributed by atoms with Gasteiger partial charge in [-0.25, -0.2) is 0 Å². The van der Waals surface area contributed by atoms with E-state index < -0.39 is 16.7 Å². The highest BCUT2D eigenvalue weighted by atomic mass is 16.6. The van der Waals surface area contributed by atoms with Crippen LogP contribution < -0.4 is 5.32 Å². The monoisotopic (exact) mass is 448 g/mol. The lowest BCUT2D eigenvalue weighted by Crippen LogP contribution is -2.31. The number of aromatic nitrogens is 1. The van der Waals surface area contributed by atoms with Crippen molar-refractivity contribution in [3.63, 3.8) is 0 Å². The molecule has 9 heteroatoms. The van der Waals surface area contributed by atoms with Crippen LogP contribution in [0.3, 0.4) is 0 Å². The molecule has 170 valence electrons. The highest BCUT2D eigenvalue weighted by molar-refractivity contribution is 6.23. The Morgan fingerprint density at radius 2 is 1.76 bits per heavy atom. The average Bonchev–Trinajstić information content (AvgIpc) is 3.33. The molecule has 0 spiro atoms. The molecule has 33 heavy (non-hydrogen) atoms. The van der Waals surface area contributed by atoms with Crippen LogP contribution >= 0.6 is 0 Å². The van der Waals surface area contributed by atoms with Crippen molar-refractivity contribution in [2.45, 2.75) is 32.2 Å². The molecule has 2 heterocycles. The lowest BCUT2D eigenvalue weighted by atomic mass is 10.1. The van der Waals surface area contributed by atoms with Gasteiger partial charge in [-0.3, -0.25) is 29.4 Å². The van der Waals surface area contributed by atoms with E-state index in [4.69, 9.17) is 0 Å². The summed E-state index contributed by atoms with van der Waals surface area (Å²) >= 11 is 0. The Hall–Kier alpha value is -4.01. The van der Waals surface area contributed by atoms with E-state index in [1.54, 1.807) is 0 Å². The standard InChI is InChI=1S/C24H24N4O5/c29-21(25-13-16-26-15-12-17-7-3-4-9-19(17)26)11-2-1-5-14-27-23(30)18-8-6-10-20(28(32)33)22(18)24(27)31/h3-4,6-10,12,15H,1-2,5,11,13-14,16H2,(H,25,29). The van der Waals surface area contributed by atoms with E-state index in [9.17, 15) is 24.5 Å². The molecule has 9 nitrogen and oxygen atoms in total. The van der Waals surface area contributed by atoms with E-state index >= 15 is 0 Å². The zero-order valence-corrected chi connectivity index (χ0v) is 18.0. The predicted octanol–water partition coefficient (Wildman–Crippen LogP) is 3.52. The Morgan fingerprint density at radius 1 is 0.939 bits per heavy atom. The van der Waals surface area contributed by atoms with Gasteiger partial charge in [0.15, 0.2) is 0 Å². The number of fused-ring (bicyclic) bond motifs is 2. The molecular weight excluding hydrogens is 424 g/mol. The van der Waals surface area contributed by atoms with Crippen LogP contribution in [0.2, 0.25) is 0 Å². The maximum absolute atomic E-state index is 12.5. The van der Waals surface area contributed by atoms with E-state index in [0.29, 0.717) is 38.8 Å². The van der Waals surface area contributed by atoms with Crippen molar-refractivity contribution in [2.75, 3.05) is 13.1 Å². The van der Waals surface area contributed by atoms with Crippen molar-refractivity contribution in [1.29, 1.82) is 0 Å². The van der Waals surface area contributed by atoms with E-state index in [1.165, 1.54) is 18.2 Å². The van der Waals surface area contributed by atoms with Crippen molar-refractivity contribution in [3.8, 4) is 0 Å². The van der Waals surface area contributed by atoms with Gasteiger partial charge in [0.2, 0.25) is 5.91 Å².